The van der Waals surface area contributed by atoms with E-state index in [0.29, 0.717) is 5.92 Å². The number of halogens is 5. The summed E-state index contributed by atoms with van der Waals surface area (Å²) in [4.78, 5) is 2.23. The standard InChI is InChI=1S/C16H21ClF2N2.2ClH/c17-12-5-6-13(18)14(15(12)19)16(11-3-1-2-4-11)21-9-7-20-8-10-21;;/h5-6,11,16,20H,1-4,7-10H2;2*1H/t16-;;/m0../s1. The van der Waals surface area contributed by atoms with Gasteiger partial charge in [0.25, 0.3) is 0 Å². The summed E-state index contributed by atoms with van der Waals surface area (Å²) in [7, 11) is 0. The molecule has 1 heterocycles. The van der Waals surface area contributed by atoms with E-state index in [1.807, 2.05) is 0 Å². The van der Waals surface area contributed by atoms with Gasteiger partial charge in [-0.2, -0.15) is 0 Å². The second-order valence-corrected chi connectivity index (χ2v) is 6.44. The first-order valence-corrected chi connectivity index (χ1v) is 8.14. The van der Waals surface area contributed by atoms with E-state index >= 15 is 0 Å². The van der Waals surface area contributed by atoms with E-state index in [1.165, 1.54) is 12.1 Å². The van der Waals surface area contributed by atoms with Gasteiger partial charge in [0.15, 0.2) is 0 Å². The van der Waals surface area contributed by atoms with E-state index in [4.69, 9.17) is 11.6 Å². The summed E-state index contributed by atoms with van der Waals surface area (Å²) in [6.45, 7) is 3.39. The third kappa shape index (κ3) is 4.49. The lowest BCUT2D eigenvalue weighted by Crippen LogP contribution is -2.47. The molecular formula is C16H23Cl3F2N2. The van der Waals surface area contributed by atoms with Gasteiger partial charge in [-0.3, -0.25) is 4.90 Å². The molecule has 2 nitrogen and oxygen atoms in total. The third-order valence-corrected chi connectivity index (χ3v) is 5.06. The molecule has 3 rings (SSSR count). The summed E-state index contributed by atoms with van der Waals surface area (Å²) in [6, 6.07) is 2.41. The van der Waals surface area contributed by atoms with Gasteiger partial charge >= 0.3 is 0 Å². The van der Waals surface area contributed by atoms with Crippen LogP contribution in [0.3, 0.4) is 0 Å². The second-order valence-electron chi connectivity index (χ2n) is 6.03. The van der Waals surface area contributed by atoms with Gasteiger partial charge < -0.3 is 5.32 Å². The summed E-state index contributed by atoms with van der Waals surface area (Å²) in [6.07, 6.45) is 4.38. The highest BCUT2D eigenvalue weighted by atomic mass is 35.5. The Hall–Kier alpha value is -0.130. The fourth-order valence-corrected chi connectivity index (χ4v) is 3.93. The number of benzene rings is 1. The van der Waals surface area contributed by atoms with Crippen molar-refractivity contribution in [2.24, 2.45) is 5.92 Å². The molecule has 1 saturated heterocycles. The van der Waals surface area contributed by atoms with Crippen LogP contribution >= 0.6 is 36.4 Å². The van der Waals surface area contributed by atoms with E-state index in [9.17, 15) is 8.78 Å². The fourth-order valence-electron chi connectivity index (χ4n) is 3.76. The van der Waals surface area contributed by atoms with Gasteiger partial charge in [0, 0.05) is 37.8 Å². The molecule has 0 spiro atoms. The van der Waals surface area contributed by atoms with Crippen LogP contribution in [0.15, 0.2) is 12.1 Å². The van der Waals surface area contributed by atoms with E-state index in [2.05, 4.69) is 10.2 Å². The van der Waals surface area contributed by atoms with Crippen molar-refractivity contribution in [3.05, 3.63) is 34.4 Å². The van der Waals surface area contributed by atoms with Crippen molar-refractivity contribution in [3.63, 3.8) is 0 Å². The summed E-state index contributed by atoms with van der Waals surface area (Å²) in [5, 5.41) is 3.32. The Kier molecular flexibility index (Phi) is 8.53. The maximum Gasteiger partial charge on any atom is 0.149 e. The van der Waals surface area contributed by atoms with E-state index in [1.54, 1.807) is 0 Å². The Balaban J connectivity index is 0.00000132. The summed E-state index contributed by atoms with van der Waals surface area (Å²) in [5.41, 5.74) is 0.177. The van der Waals surface area contributed by atoms with E-state index in [0.717, 1.165) is 51.9 Å². The lowest BCUT2D eigenvalue weighted by Gasteiger charge is -2.39. The molecule has 1 atom stereocenters. The first-order valence-electron chi connectivity index (χ1n) is 7.76. The van der Waals surface area contributed by atoms with Crippen molar-refractivity contribution in [2.45, 2.75) is 31.7 Å². The summed E-state index contributed by atoms with van der Waals surface area (Å²) >= 11 is 5.90. The molecule has 1 saturated carbocycles. The van der Waals surface area contributed by atoms with Gasteiger partial charge in [0.1, 0.15) is 11.6 Å². The van der Waals surface area contributed by atoms with Crippen molar-refractivity contribution in [3.8, 4) is 0 Å². The van der Waals surface area contributed by atoms with Crippen LogP contribution in [0.4, 0.5) is 8.78 Å². The molecule has 1 N–H and O–H groups in total. The van der Waals surface area contributed by atoms with Crippen molar-refractivity contribution < 1.29 is 8.78 Å². The normalized spacial score (nSPS) is 20.7. The van der Waals surface area contributed by atoms with E-state index in [-0.39, 0.29) is 41.4 Å². The SMILES string of the molecule is Cl.Cl.Fc1ccc(Cl)c(F)c1[C@H](C1CCCC1)N1CCNCC1. The Labute approximate surface area is 153 Å². The molecule has 7 heteroatoms. The zero-order chi connectivity index (χ0) is 14.8. The Morgan fingerprint density at radius 2 is 1.70 bits per heavy atom. The predicted molar refractivity (Wildman–Crippen MR) is 95.0 cm³/mol. The Bertz CT molecular complexity index is 504. The minimum atomic E-state index is -0.577. The van der Waals surface area contributed by atoms with Crippen molar-refractivity contribution in [1.29, 1.82) is 0 Å². The Morgan fingerprint density at radius 1 is 1.09 bits per heavy atom. The maximum atomic E-state index is 14.5. The largest absolute Gasteiger partial charge is 0.314 e. The molecule has 2 aliphatic rings. The highest BCUT2D eigenvalue weighted by Crippen LogP contribution is 2.42. The van der Waals surface area contributed by atoms with Crippen molar-refractivity contribution in [2.75, 3.05) is 26.2 Å². The maximum absolute atomic E-state index is 14.5. The molecule has 0 bridgehead atoms. The molecular weight excluding hydrogens is 365 g/mol. The molecule has 0 unspecified atom stereocenters. The molecule has 2 fully saturated rings. The summed E-state index contributed by atoms with van der Waals surface area (Å²) < 4.78 is 28.9. The van der Waals surface area contributed by atoms with Crippen LogP contribution < -0.4 is 5.32 Å². The first kappa shape index (κ1) is 20.9. The monoisotopic (exact) mass is 386 g/mol. The van der Waals surface area contributed by atoms with Gasteiger partial charge in [0.2, 0.25) is 0 Å². The van der Waals surface area contributed by atoms with Gasteiger partial charge in [-0.25, -0.2) is 8.78 Å². The van der Waals surface area contributed by atoms with Crippen LogP contribution in [0.1, 0.15) is 37.3 Å². The first-order chi connectivity index (χ1) is 10.2. The highest BCUT2D eigenvalue weighted by molar-refractivity contribution is 6.30. The van der Waals surface area contributed by atoms with Crippen LogP contribution in [0, 0.1) is 17.6 Å². The third-order valence-electron chi connectivity index (χ3n) is 4.77. The number of rotatable bonds is 3. The quantitative estimate of drug-likeness (QED) is 0.763. The summed E-state index contributed by atoms with van der Waals surface area (Å²) in [5.74, 6) is -0.718. The van der Waals surface area contributed by atoms with Gasteiger partial charge in [-0.15, -0.1) is 24.8 Å². The molecule has 1 aromatic carbocycles. The van der Waals surface area contributed by atoms with Crippen molar-refractivity contribution >= 4 is 36.4 Å². The molecule has 1 aromatic rings. The molecule has 23 heavy (non-hydrogen) atoms. The number of nitrogens with one attached hydrogen (secondary N) is 1. The van der Waals surface area contributed by atoms with E-state index < -0.39 is 11.6 Å². The van der Waals surface area contributed by atoms with Gasteiger partial charge in [0.05, 0.1) is 5.02 Å². The number of piperazine rings is 1. The fraction of sp³-hybridized carbons (Fsp3) is 0.625. The van der Waals surface area contributed by atoms with Crippen LogP contribution in [0.2, 0.25) is 5.02 Å². The molecule has 0 amide bonds. The van der Waals surface area contributed by atoms with Crippen LogP contribution in [-0.4, -0.2) is 31.1 Å². The number of nitrogens with zero attached hydrogens (tertiary/aromatic N) is 1. The predicted octanol–water partition coefficient (Wildman–Crippen LogP) is 4.60. The molecule has 1 aliphatic heterocycles. The lowest BCUT2D eigenvalue weighted by atomic mass is 9.89. The minimum Gasteiger partial charge on any atom is -0.314 e. The molecule has 1 aliphatic carbocycles. The topological polar surface area (TPSA) is 15.3 Å². The smallest absolute Gasteiger partial charge is 0.149 e. The molecule has 132 valence electrons. The van der Waals surface area contributed by atoms with Gasteiger partial charge in [-0.05, 0) is 30.9 Å². The van der Waals surface area contributed by atoms with Crippen LogP contribution in [0.25, 0.3) is 0 Å². The van der Waals surface area contributed by atoms with Gasteiger partial charge in [-0.1, -0.05) is 24.4 Å². The van der Waals surface area contributed by atoms with Crippen molar-refractivity contribution in [1.82, 2.24) is 10.2 Å². The number of hydrogen-bond donors (Lipinski definition) is 1. The second kappa shape index (κ2) is 9.38. The number of hydrogen-bond acceptors (Lipinski definition) is 2. The van der Waals surface area contributed by atoms with Crippen LogP contribution in [-0.2, 0) is 0 Å². The zero-order valence-corrected chi connectivity index (χ0v) is 15.3. The highest BCUT2D eigenvalue weighted by Gasteiger charge is 2.35. The molecule has 0 radical (unpaired) electrons. The average Bonchev–Trinajstić information content (AvgIpc) is 3.02. The minimum absolute atomic E-state index is 0. The Morgan fingerprint density at radius 3 is 2.30 bits per heavy atom. The molecule has 0 aromatic heterocycles. The lowest BCUT2D eigenvalue weighted by molar-refractivity contribution is 0.119. The van der Waals surface area contributed by atoms with Crippen LogP contribution in [0.5, 0.6) is 0 Å². The zero-order valence-electron chi connectivity index (χ0n) is 12.9. The average molecular weight is 388 g/mol.